The predicted molar refractivity (Wildman–Crippen MR) is 63.2 cm³/mol. The second-order valence-electron chi connectivity index (χ2n) is 3.94. The molecule has 0 aliphatic heterocycles. The van der Waals surface area contributed by atoms with Crippen molar-refractivity contribution < 1.29 is 0 Å². The van der Waals surface area contributed by atoms with E-state index in [2.05, 4.69) is 44.1 Å². The van der Waals surface area contributed by atoms with Crippen LogP contribution in [0.25, 0.3) is 0 Å². The summed E-state index contributed by atoms with van der Waals surface area (Å²) in [6.45, 7) is 6.17. The number of rotatable bonds is 7. The lowest BCUT2D eigenvalue weighted by molar-refractivity contribution is 0.196. The topological polar surface area (TPSA) is 15.3 Å². The Morgan fingerprint density at radius 1 is 1.29 bits per heavy atom. The molecule has 0 saturated heterocycles. The molecule has 0 spiro atoms. The second kappa shape index (κ2) is 7.84. The van der Waals surface area contributed by atoms with Gasteiger partial charge in [-0.1, -0.05) is 32.6 Å². The summed E-state index contributed by atoms with van der Waals surface area (Å²) >= 11 is 0. The fraction of sp³-hybridized carbons (Fsp3) is 0.833. The maximum absolute atomic E-state index is 5.21. The van der Waals surface area contributed by atoms with E-state index < -0.39 is 0 Å². The van der Waals surface area contributed by atoms with Crippen LogP contribution in [0.4, 0.5) is 0 Å². The van der Waals surface area contributed by atoms with Crippen LogP contribution in [0, 0.1) is 18.3 Å². The van der Waals surface area contributed by atoms with Gasteiger partial charge in [0.15, 0.2) is 0 Å². The summed E-state index contributed by atoms with van der Waals surface area (Å²) in [5.41, 5.74) is 0. The molecule has 0 saturated carbocycles. The first-order valence-electron chi connectivity index (χ1n) is 5.47. The van der Waals surface area contributed by atoms with Gasteiger partial charge in [0.1, 0.15) is 0 Å². The van der Waals surface area contributed by atoms with E-state index in [0.29, 0.717) is 12.6 Å². The summed E-state index contributed by atoms with van der Waals surface area (Å²) < 4.78 is 0. The number of nitrogens with zero attached hydrogens (tertiary/aromatic N) is 1. The van der Waals surface area contributed by atoms with E-state index in [0.717, 1.165) is 12.5 Å². The average Bonchev–Trinajstić information content (AvgIpc) is 2.17. The van der Waals surface area contributed by atoms with E-state index in [1.54, 1.807) is 0 Å². The third-order valence-electron chi connectivity index (χ3n) is 2.84. The summed E-state index contributed by atoms with van der Waals surface area (Å²) in [6.07, 6.45) is 7.67. The number of hydrogen-bond acceptors (Lipinski definition) is 2. The fourth-order valence-electron chi connectivity index (χ4n) is 1.90. The largest absolute Gasteiger partial charge is 0.305 e. The molecule has 0 aromatic heterocycles. The van der Waals surface area contributed by atoms with Crippen molar-refractivity contribution in [2.45, 2.75) is 32.7 Å². The first-order chi connectivity index (χ1) is 6.67. The highest BCUT2D eigenvalue weighted by molar-refractivity contribution is 4.88. The minimum atomic E-state index is 0.596. The lowest BCUT2D eigenvalue weighted by atomic mass is 9.93. The molecule has 0 radical (unpaired) electrons. The number of terminal acetylenes is 1. The minimum Gasteiger partial charge on any atom is -0.305 e. The van der Waals surface area contributed by atoms with E-state index in [9.17, 15) is 0 Å². The molecule has 0 aliphatic carbocycles. The third kappa shape index (κ3) is 4.64. The van der Waals surface area contributed by atoms with Crippen LogP contribution in [-0.2, 0) is 0 Å². The monoisotopic (exact) mass is 196 g/mol. The Hall–Kier alpha value is -0.520. The maximum Gasteiger partial charge on any atom is 0.0574 e. The van der Waals surface area contributed by atoms with Crippen molar-refractivity contribution in [1.82, 2.24) is 10.2 Å². The van der Waals surface area contributed by atoms with E-state index >= 15 is 0 Å². The summed E-state index contributed by atoms with van der Waals surface area (Å²) in [4.78, 5) is 2.29. The van der Waals surface area contributed by atoms with Crippen molar-refractivity contribution in [2.24, 2.45) is 5.92 Å². The van der Waals surface area contributed by atoms with Gasteiger partial charge in [0.05, 0.1) is 6.54 Å². The SMILES string of the molecule is C#CCNCC(C(CC)CC)N(C)C. The van der Waals surface area contributed by atoms with Crippen molar-refractivity contribution in [3.05, 3.63) is 0 Å². The van der Waals surface area contributed by atoms with Gasteiger partial charge in [-0.2, -0.15) is 0 Å². The molecule has 0 aromatic carbocycles. The smallest absolute Gasteiger partial charge is 0.0574 e. The quantitative estimate of drug-likeness (QED) is 0.491. The van der Waals surface area contributed by atoms with Crippen LogP contribution in [-0.4, -0.2) is 38.1 Å². The standard InChI is InChI=1S/C12H24N2/c1-6-9-13-10-12(14(4)5)11(7-2)8-3/h1,11-13H,7-10H2,2-5H3. The molecule has 1 unspecified atom stereocenters. The summed E-state index contributed by atoms with van der Waals surface area (Å²) in [7, 11) is 4.28. The van der Waals surface area contributed by atoms with Crippen LogP contribution >= 0.6 is 0 Å². The molecule has 1 N–H and O–H groups in total. The molecule has 2 heteroatoms. The fourth-order valence-corrected chi connectivity index (χ4v) is 1.90. The summed E-state index contributed by atoms with van der Waals surface area (Å²) in [5.74, 6) is 3.37. The maximum atomic E-state index is 5.21. The Labute approximate surface area is 89.1 Å². The molecule has 0 amide bonds. The normalized spacial score (nSPS) is 13.2. The van der Waals surface area contributed by atoms with E-state index in [-0.39, 0.29) is 0 Å². The second-order valence-corrected chi connectivity index (χ2v) is 3.94. The number of likely N-dealkylation sites (N-methyl/N-ethyl adjacent to an activating group) is 1. The molecule has 0 bridgehead atoms. The Kier molecular flexibility index (Phi) is 7.55. The summed E-state index contributed by atoms with van der Waals surface area (Å²) in [5, 5.41) is 3.29. The lowest BCUT2D eigenvalue weighted by Gasteiger charge is -2.31. The first-order valence-corrected chi connectivity index (χ1v) is 5.47. The van der Waals surface area contributed by atoms with E-state index in [1.165, 1.54) is 12.8 Å². The van der Waals surface area contributed by atoms with Crippen LogP contribution in [0.1, 0.15) is 26.7 Å². The van der Waals surface area contributed by atoms with Crippen molar-refractivity contribution >= 4 is 0 Å². The molecule has 0 heterocycles. The number of nitrogens with one attached hydrogen (secondary N) is 1. The molecule has 2 nitrogen and oxygen atoms in total. The first kappa shape index (κ1) is 13.5. The van der Waals surface area contributed by atoms with Gasteiger partial charge in [0.2, 0.25) is 0 Å². The van der Waals surface area contributed by atoms with Crippen molar-refractivity contribution in [3.63, 3.8) is 0 Å². The van der Waals surface area contributed by atoms with Crippen molar-refractivity contribution in [1.29, 1.82) is 0 Å². The Morgan fingerprint density at radius 3 is 2.21 bits per heavy atom. The molecule has 82 valence electrons. The molecular formula is C12H24N2. The zero-order chi connectivity index (χ0) is 11.0. The molecule has 0 aliphatic rings. The van der Waals surface area contributed by atoms with Gasteiger partial charge in [-0.15, -0.1) is 6.42 Å². The van der Waals surface area contributed by atoms with Gasteiger partial charge in [-0.05, 0) is 20.0 Å². The molecule has 0 aromatic rings. The van der Waals surface area contributed by atoms with Gasteiger partial charge in [-0.25, -0.2) is 0 Å². The van der Waals surface area contributed by atoms with Crippen LogP contribution < -0.4 is 5.32 Å². The highest BCUT2D eigenvalue weighted by Gasteiger charge is 2.19. The van der Waals surface area contributed by atoms with Crippen LogP contribution in [0.5, 0.6) is 0 Å². The molecule has 0 fully saturated rings. The Morgan fingerprint density at radius 2 is 1.86 bits per heavy atom. The summed E-state index contributed by atoms with van der Waals surface area (Å²) in [6, 6.07) is 0.596. The number of hydrogen-bond donors (Lipinski definition) is 1. The predicted octanol–water partition coefficient (Wildman–Crippen LogP) is 1.58. The van der Waals surface area contributed by atoms with Crippen molar-refractivity contribution in [3.8, 4) is 12.3 Å². The van der Waals surface area contributed by atoms with Crippen LogP contribution in [0.15, 0.2) is 0 Å². The van der Waals surface area contributed by atoms with Crippen molar-refractivity contribution in [2.75, 3.05) is 27.2 Å². The van der Waals surface area contributed by atoms with Crippen LogP contribution in [0.3, 0.4) is 0 Å². The van der Waals surface area contributed by atoms with Gasteiger partial charge in [0.25, 0.3) is 0 Å². The zero-order valence-corrected chi connectivity index (χ0v) is 10.0. The minimum absolute atomic E-state index is 0.596. The van der Waals surface area contributed by atoms with Gasteiger partial charge in [0, 0.05) is 12.6 Å². The highest BCUT2D eigenvalue weighted by Crippen LogP contribution is 2.16. The van der Waals surface area contributed by atoms with Gasteiger partial charge >= 0.3 is 0 Å². The highest BCUT2D eigenvalue weighted by atomic mass is 15.1. The lowest BCUT2D eigenvalue weighted by Crippen LogP contribution is -2.43. The average molecular weight is 196 g/mol. The molecule has 0 rings (SSSR count). The molecular weight excluding hydrogens is 172 g/mol. The Balaban J connectivity index is 4.07. The van der Waals surface area contributed by atoms with Gasteiger partial charge < -0.3 is 10.2 Å². The van der Waals surface area contributed by atoms with Gasteiger partial charge in [-0.3, -0.25) is 0 Å². The third-order valence-corrected chi connectivity index (χ3v) is 2.84. The van der Waals surface area contributed by atoms with E-state index in [4.69, 9.17) is 6.42 Å². The van der Waals surface area contributed by atoms with Crippen LogP contribution in [0.2, 0.25) is 0 Å². The molecule has 1 atom stereocenters. The van der Waals surface area contributed by atoms with E-state index in [1.807, 2.05) is 0 Å². The Bertz CT molecular complexity index is 166. The molecule has 14 heavy (non-hydrogen) atoms. The zero-order valence-electron chi connectivity index (χ0n) is 10.0.